The van der Waals surface area contributed by atoms with Gasteiger partial charge in [-0.15, -0.1) is 0 Å². The second-order valence-electron chi connectivity index (χ2n) is 4.49. The monoisotopic (exact) mass is 224 g/mol. The van der Waals surface area contributed by atoms with Crippen LogP contribution in [0, 0.1) is 0 Å². The van der Waals surface area contributed by atoms with Crippen molar-refractivity contribution in [3.63, 3.8) is 0 Å². The van der Waals surface area contributed by atoms with Crippen molar-refractivity contribution in [2.75, 3.05) is 0 Å². The molecule has 0 fully saturated rings. The van der Waals surface area contributed by atoms with E-state index in [1.54, 1.807) is 26.8 Å². The lowest BCUT2D eigenvalue weighted by molar-refractivity contribution is -0.148. The van der Waals surface area contributed by atoms with E-state index in [1.807, 2.05) is 6.92 Å². The molecule has 0 aromatic heterocycles. The number of hydrogen-bond donors (Lipinski definition) is 0. The van der Waals surface area contributed by atoms with E-state index in [0.29, 0.717) is 12.0 Å². The van der Waals surface area contributed by atoms with Gasteiger partial charge in [0, 0.05) is 5.57 Å². The van der Waals surface area contributed by atoms with E-state index < -0.39 is 17.5 Å². The maximum atomic E-state index is 11.4. The second-order valence-corrected chi connectivity index (χ2v) is 4.49. The Morgan fingerprint density at radius 1 is 1.50 bits per heavy atom. The molecule has 0 unspecified atom stereocenters. The van der Waals surface area contributed by atoms with Gasteiger partial charge in [0.2, 0.25) is 0 Å². The second kappa shape index (κ2) is 4.51. The van der Waals surface area contributed by atoms with Crippen molar-refractivity contribution in [1.29, 1.82) is 0 Å². The predicted molar refractivity (Wildman–Crippen MR) is 58.4 cm³/mol. The highest BCUT2D eigenvalue weighted by Crippen LogP contribution is 2.19. The molecular formula is C12H16O4. The maximum Gasteiger partial charge on any atom is 0.339 e. The number of carbonyl (C=O) groups is 2. The average Bonchev–Trinajstić information content (AvgIpc) is 2.42. The first-order chi connectivity index (χ1) is 7.31. The van der Waals surface area contributed by atoms with Gasteiger partial charge in [0.15, 0.2) is 0 Å². The molecule has 0 aromatic carbocycles. The fourth-order valence-electron chi connectivity index (χ4n) is 1.20. The van der Waals surface area contributed by atoms with Gasteiger partial charge in [-0.1, -0.05) is 6.92 Å². The summed E-state index contributed by atoms with van der Waals surface area (Å²) < 4.78 is 9.95. The third kappa shape index (κ3) is 3.53. The molecule has 0 atom stereocenters. The molecule has 0 N–H and O–H groups in total. The number of esters is 2. The Kier molecular flexibility index (Phi) is 3.52. The Balaban J connectivity index is 2.70. The van der Waals surface area contributed by atoms with Crippen LogP contribution in [0.3, 0.4) is 0 Å². The Bertz CT molecular complexity index is 369. The van der Waals surface area contributed by atoms with Crippen LogP contribution in [0.15, 0.2) is 23.5 Å². The summed E-state index contributed by atoms with van der Waals surface area (Å²) in [6.45, 7) is 7.18. The molecule has 4 nitrogen and oxygen atoms in total. The molecule has 1 rings (SSSR count). The van der Waals surface area contributed by atoms with Gasteiger partial charge in [-0.2, -0.15) is 0 Å². The van der Waals surface area contributed by atoms with Gasteiger partial charge in [-0.05, 0) is 33.3 Å². The molecule has 1 aliphatic heterocycles. The van der Waals surface area contributed by atoms with Crippen LogP contribution in [0.5, 0.6) is 0 Å². The third-order valence-electron chi connectivity index (χ3n) is 1.84. The van der Waals surface area contributed by atoms with Crippen molar-refractivity contribution in [2.45, 2.75) is 39.7 Å². The molecule has 1 heterocycles. The summed E-state index contributed by atoms with van der Waals surface area (Å²) in [5.74, 6) is -0.655. The minimum Gasteiger partial charge on any atom is -0.457 e. The summed E-state index contributed by atoms with van der Waals surface area (Å²) in [5.41, 5.74) is 0.0171. The molecule has 88 valence electrons. The predicted octanol–water partition coefficient (Wildman–Crippen LogP) is 2.11. The normalized spacial score (nSPS) is 18.4. The van der Waals surface area contributed by atoms with E-state index in [9.17, 15) is 9.59 Å². The summed E-state index contributed by atoms with van der Waals surface area (Å²) >= 11 is 0. The lowest BCUT2D eigenvalue weighted by Gasteiger charge is -2.17. The molecule has 0 radical (unpaired) electrons. The number of rotatable bonds is 2. The molecule has 0 bridgehead atoms. The molecule has 0 amide bonds. The third-order valence-corrected chi connectivity index (χ3v) is 1.84. The molecule has 0 saturated heterocycles. The zero-order valence-electron chi connectivity index (χ0n) is 9.99. The molecule has 0 saturated carbocycles. The molecular weight excluding hydrogens is 208 g/mol. The smallest absolute Gasteiger partial charge is 0.339 e. The van der Waals surface area contributed by atoms with Gasteiger partial charge in [0.05, 0.1) is 6.08 Å². The fourth-order valence-corrected chi connectivity index (χ4v) is 1.20. The minimum absolute atomic E-state index is 0.246. The summed E-state index contributed by atoms with van der Waals surface area (Å²) in [6.07, 6.45) is 3.34. The Morgan fingerprint density at radius 3 is 2.56 bits per heavy atom. The van der Waals surface area contributed by atoms with Gasteiger partial charge in [0.1, 0.15) is 11.4 Å². The van der Waals surface area contributed by atoms with Crippen LogP contribution in [0.1, 0.15) is 34.1 Å². The highest BCUT2D eigenvalue weighted by atomic mass is 16.6. The fraction of sp³-hybridized carbons (Fsp3) is 0.500. The van der Waals surface area contributed by atoms with E-state index in [2.05, 4.69) is 0 Å². The molecule has 0 spiro atoms. The van der Waals surface area contributed by atoms with Crippen LogP contribution in [0.25, 0.3) is 0 Å². The van der Waals surface area contributed by atoms with Crippen molar-refractivity contribution >= 4 is 11.9 Å². The lowest BCUT2D eigenvalue weighted by Crippen LogP contribution is -2.22. The van der Waals surface area contributed by atoms with Gasteiger partial charge in [-0.25, -0.2) is 9.59 Å². The van der Waals surface area contributed by atoms with Crippen LogP contribution in [0.4, 0.5) is 0 Å². The van der Waals surface area contributed by atoms with Gasteiger partial charge >= 0.3 is 11.9 Å². The number of cyclic esters (lactones) is 1. The quantitative estimate of drug-likeness (QED) is 0.532. The molecule has 0 aromatic rings. The van der Waals surface area contributed by atoms with E-state index >= 15 is 0 Å². The first-order valence-electron chi connectivity index (χ1n) is 5.19. The Labute approximate surface area is 94.9 Å². The van der Waals surface area contributed by atoms with Crippen LogP contribution < -0.4 is 0 Å². The van der Waals surface area contributed by atoms with Crippen molar-refractivity contribution in [3.8, 4) is 0 Å². The van der Waals surface area contributed by atoms with Gasteiger partial charge in [0.25, 0.3) is 0 Å². The van der Waals surface area contributed by atoms with E-state index in [1.165, 1.54) is 6.08 Å². The standard InChI is InChI=1S/C12H16O4/c1-5-8-6-9(15-11(8)14)7-10(13)16-12(2,3)4/h6-7H,5H2,1-4H3/b9-7+. The zero-order valence-corrected chi connectivity index (χ0v) is 9.99. The largest absolute Gasteiger partial charge is 0.457 e. The van der Waals surface area contributed by atoms with E-state index in [4.69, 9.17) is 9.47 Å². The molecule has 1 aliphatic rings. The zero-order chi connectivity index (χ0) is 12.3. The average molecular weight is 224 g/mol. The van der Waals surface area contributed by atoms with E-state index in [0.717, 1.165) is 0 Å². The topological polar surface area (TPSA) is 52.6 Å². The van der Waals surface area contributed by atoms with Crippen molar-refractivity contribution in [1.82, 2.24) is 0 Å². The highest BCUT2D eigenvalue weighted by molar-refractivity contribution is 5.94. The minimum atomic E-state index is -0.548. The summed E-state index contributed by atoms with van der Waals surface area (Å²) in [6, 6.07) is 0. The lowest BCUT2D eigenvalue weighted by atomic mass is 10.2. The van der Waals surface area contributed by atoms with Gasteiger partial charge in [-0.3, -0.25) is 0 Å². The van der Waals surface area contributed by atoms with Crippen LogP contribution >= 0.6 is 0 Å². The Hall–Kier alpha value is -1.58. The first-order valence-corrected chi connectivity index (χ1v) is 5.19. The van der Waals surface area contributed by atoms with Crippen LogP contribution in [-0.4, -0.2) is 17.5 Å². The SMILES string of the molecule is CCC1=C/C(=C\C(=O)OC(C)(C)C)OC1=O. The summed E-state index contributed by atoms with van der Waals surface area (Å²) in [7, 11) is 0. The number of carbonyl (C=O) groups excluding carboxylic acids is 2. The van der Waals surface area contributed by atoms with Gasteiger partial charge < -0.3 is 9.47 Å². The maximum absolute atomic E-state index is 11.4. The van der Waals surface area contributed by atoms with Crippen LogP contribution in [0.2, 0.25) is 0 Å². The first kappa shape index (κ1) is 12.5. The van der Waals surface area contributed by atoms with Crippen molar-refractivity contribution < 1.29 is 19.1 Å². The molecule has 0 aliphatic carbocycles. The Morgan fingerprint density at radius 2 is 2.12 bits per heavy atom. The number of allylic oxidation sites excluding steroid dienone is 1. The summed E-state index contributed by atoms with van der Waals surface area (Å²) in [4.78, 5) is 22.6. The van der Waals surface area contributed by atoms with Crippen molar-refractivity contribution in [2.24, 2.45) is 0 Å². The highest BCUT2D eigenvalue weighted by Gasteiger charge is 2.21. The molecule has 4 heteroatoms. The number of ether oxygens (including phenoxy) is 2. The molecule has 16 heavy (non-hydrogen) atoms. The van der Waals surface area contributed by atoms with Crippen molar-refractivity contribution in [3.05, 3.63) is 23.5 Å². The van der Waals surface area contributed by atoms with E-state index in [-0.39, 0.29) is 5.76 Å². The number of hydrogen-bond acceptors (Lipinski definition) is 4. The summed E-state index contributed by atoms with van der Waals surface area (Å²) in [5, 5.41) is 0. The van der Waals surface area contributed by atoms with Crippen LogP contribution in [-0.2, 0) is 19.1 Å².